The molecule has 0 bridgehead atoms. The highest BCUT2D eigenvalue weighted by Gasteiger charge is 2.13. The minimum atomic E-state index is -0.441. The van der Waals surface area contributed by atoms with Crippen molar-refractivity contribution in [2.24, 2.45) is 0 Å². The van der Waals surface area contributed by atoms with Crippen molar-refractivity contribution in [3.05, 3.63) is 87.2 Å². The standard InChI is InChI=1S/C21H22N4O3S/c1-15-20(16(2)24(23-15)13-17-6-4-3-5-7-17)12-22-21(26)14-29-19-10-8-18(9-11-19)25(27)28/h3-11H,12-14H2,1-2H3,(H,22,26). The molecule has 150 valence electrons. The summed E-state index contributed by atoms with van der Waals surface area (Å²) in [6, 6.07) is 16.3. The topological polar surface area (TPSA) is 90.1 Å². The van der Waals surface area contributed by atoms with Crippen LogP contribution >= 0.6 is 11.8 Å². The number of thioether (sulfide) groups is 1. The molecule has 0 saturated heterocycles. The average Bonchev–Trinajstić information content (AvgIpc) is 2.98. The first-order chi connectivity index (χ1) is 13.9. The summed E-state index contributed by atoms with van der Waals surface area (Å²) in [5, 5.41) is 18.2. The lowest BCUT2D eigenvalue weighted by molar-refractivity contribution is -0.384. The van der Waals surface area contributed by atoms with E-state index in [9.17, 15) is 14.9 Å². The maximum absolute atomic E-state index is 12.2. The van der Waals surface area contributed by atoms with E-state index in [2.05, 4.69) is 22.5 Å². The van der Waals surface area contributed by atoms with Crippen LogP contribution in [-0.4, -0.2) is 26.4 Å². The molecule has 8 heteroatoms. The van der Waals surface area contributed by atoms with E-state index in [4.69, 9.17) is 0 Å². The molecule has 0 aliphatic heterocycles. The Labute approximate surface area is 173 Å². The molecule has 0 radical (unpaired) electrons. The molecule has 0 spiro atoms. The number of hydrogen-bond donors (Lipinski definition) is 1. The summed E-state index contributed by atoms with van der Waals surface area (Å²) in [6.07, 6.45) is 0. The minimum Gasteiger partial charge on any atom is -0.351 e. The second kappa shape index (κ2) is 9.38. The molecule has 1 N–H and O–H groups in total. The van der Waals surface area contributed by atoms with Crippen molar-refractivity contribution in [1.29, 1.82) is 0 Å². The number of non-ortho nitro benzene ring substituents is 1. The van der Waals surface area contributed by atoms with Crippen LogP contribution in [0.25, 0.3) is 0 Å². The summed E-state index contributed by atoms with van der Waals surface area (Å²) < 4.78 is 1.96. The Balaban J connectivity index is 1.54. The van der Waals surface area contributed by atoms with Gasteiger partial charge in [-0.05, 0) is 31.5 Å². The highest BCUT2D eigenvalue weighted by atomic mass is 32.2. The van der Waals surface area contributed by atoms with Gasteiger partial charge in [-0.1, -0.05) is 30.3 Å². The zero-order valence-electron chi connectivity index (χ0n) is 16.3. The van der Waals surface area contributed by atoms with Crippen LogP contribution in [0.15, 0.2) is 59.5 Å². The number of nitrogens with one attached hydrogen (secondary N) is 1. The molecule has 0 unspecified atom stereocenters. The van der Waals surface area contributed by atoms with E-state index in [1.807, 2.05) is 36.7 Å². The fraction of sp³-hybridized carbons (Fsp3) is 0.238. The first-order valence-electron chi connectivity index (χ1n) is 9.15. The maximum Gasteiger partial charge on any atom is 0.269 e. The highest BCUT2D eigenvalue weighted by molar-refractivity contribution is 8.00. The van der Waals surface area contributed by atoms with Crippen molar-refractivity contribution in [3.63, 3.8) is 0 Å². The molecule has 29 heavy (non-hydrogen) atoms. The van der Waals surface area contributed by atoms with Gasteiger partial charge >= 0.3 is 0 Å². The molecule has 3 rings (SSSR count). The van der Waals surface area contributed by atoms with Crippen LogP contribution < -0.4 is 5.32 Å². The summed E-state index contributed by atoms with van der Waals surface area (Å²) in [7, 11) is 0. The number of carbonyl (C=O) groups is 1. The zero-order valence-corrected chi connectivity index (χ0v) is 17.1. The molecule has 3 aromatic rings. The number of rotatable bonds is 8. The van der Waals surface area contributed by atoms with Crippen LogP contribution in [0.3, 0.4) is 0 Å². The van der Waals surface area contributed by atoms with Crippen molar-refractivity contribution >= 4 is 23.4 Å². The molecule has 1 heterocycles. The summed E-state index contributed by atoms with van der Waals surface area (Å²) in [5.41, 5.74) is 4.18. The van der Waals surface area contributed by atoms with Gasteiger partial charge in [0.05, 0.1) is 22.9 Å². The molecule has 1 aromatic heterocycles. The molecule has 0 atom stereocenters. The van der Waals surface area contributed by atoms with Gasteiger partial charge in [-0.3, -0.25) is 19.6 Å². The lowest BCUT2D eigenvalue weighted by Gasteiger charge is -2.07. The van der Waals surface area contributed by atoms with Crippen molar-refractivity contribution in [1.82, 2.24) is 15.1 Å². The molecule has 0 aliphatic rings. The predicted octanol–water partition coefficient (Wildman–Crippen LogP) is 3.86. The third-order valence-corrected chi connectivity index (χ3v) is 5.60. The van der Waals surface area contributed by atoms with Crippen LogP contribution in [0.1, 0.15) is 22.5 Å². The largest absolute Gasteiger partial charge is 0.351 e. The Hall–Kier alpha value is -3.13. The van der Waals surface area contributed by atoms with Gasteiger partial charge in [-0.25, -0.2) is 0 Å². The third-order valence-electron chi connectivity index (χ3n) is 4.59. The fourth-order valence-corrected chi connectivity index (χ4v) is 3.68. The first-order valence-corrected chi connectivity index (χ1v) is 10.1. The van der Waals surface area contributed by atoms with Crippen LogP contribution in [0.4, 0.5) is 5.69 Å². The van der Waals surface area contributed by atoms with Crippen LogP contribution in [0, 0.1) is 24.0 Å². The number of aryl methyl sites for hydroxylation is 1. The Bertz CT molecular complexity index is 1000. The maximum atomic E-state index is 12.2. The van der Waals surface area contributed by atoms with E-state index in [-0.39, 0.29) is 17.3 Å². The Morgan fingerprint density at radius 3 is 2.48 bits per heavy atom. The van der Waals surface area contributed by atoms with Crippen LogP contribution in [-0.2, 0) is 17.9 Å². The Morgan fingerprint density at radius 2 is 1.83 bits per heavy atom. The van der Waals surface area contributed by atoms with Gasteiger partial charge in [-0.15, -0.1) is 11.8 Å². The van der Waals surface area contributed by atoms with E-state index in [1.165, 1.54) is 29.5 Å². The molecule has 7 nitrogen and oxygen atoms in total. The number of nitro benzene ring substituents is 1. The normalized spacial score (nSPS) is 10.7. The van der Waals surface area contributed by atoms with Gasteiger partial charge in [0.2, 0.25) is 5.91 Å². The molecule has 1 amide bonds. The van der Waals surface area contributed by atoms with Gasteiger partial charge in [0, 0.05) is 34.8 Å². The van der Waals surface area contributed by atoms with Crippen molar-refractivity contribution in [3.8, 4) is 0 Å². The number of nitrogens with zero attached hydrogens (tertiary/aromatic N) is 3. The Morgan fingerprint density at radius 1 is 1.14 bits per heavy atom. The number of nitro groups is 1. The predicted molar refractivity (Wildman–Crippen MR) is 113 cm³/mol. The van der Waals surface area contributed by atoms with Gasteiger partial charge in [0.15, 0.2) is 0 Å². The number of carbonyl (C=O) groups excluding carboxylic acids is 1. The van der Waals surface area contributed by atoms with E-state index in [0.717, 1.165) is 21.8 Å². The lowest BCUT2D eigenvalue weighted by atomic mass is 10.2. The number of hydrogen-bond acceptors (Lipinski definition) is 5. The first kappa shape index (κ1) is 20.6. The van der Waals surface area contributed by atoms with Gasteiger partial charge in [0.1, 0.15) is 0 Å². The molecular formula is C21H22N4O3S. The minimum absolute atomic E-state index is 0.0391. The van der Waals surface area contributed by atoms with E-state index in [0.29, 0.717) is 13.1 Å². The van der Waals surface area contributed by atoms with E-state index >= 15 is 0 Å². The molecule has 2 aromatic carbocycles. The summed E-state index contributed by atoms with van der Waals surface area (Å²) in [6.45, 7) is 5.07. The fourth-order valence-electron chi connectivity index (χ4n) is 2.95. The summed E-state index contributed by atoms with van der Waals surface area (Å²) in [4.78, 5) is 23.3. The van der Waals surface area contributed by atoms with Crippen molar-refractivity contribution in [2.45, 2.75) is 31.8 Å². The van der Waals surface area contributed by atoms with Gasteiger partial charge in [0.25, 0.3) is 5.69 Å². The monoisotopic (exact) mass is 410 g/mol. The quantitative estimate of drug-likeness (QED) is 0.346. The molecular weight excluding hydrogens is 388 g/mol. The van der Waals surface area contributed by atoms with E-state index < -0.39 is 4.92 Å². The Kier molecular flexibility index (Phi) is 6.66. The summed E-state index contributed by atoms with van der Waals surface area (Å²) in [5.74, 6) is 0.150. The lowest BCUT2D eigenvalue weighted by Crippen LogP contribution is -2.25. The number of benzene rings is 2. The van der Waals surface area contributed by atoms with Crippen LogP contribution in [0.2, 0.25) is 0 Å². The van der Waals surface area contributed by atoms with E-state index in [1.54, 1.807) is 12.1 Å². The number of amides is 1. The van der Waals surface area contributed by atoms with Gasteiger partial charge < -0.3 is 5.32 Å². The zero-order chi connectivity index (χ0) is 20.8. The average molecular weight is 410 g/mol. The SMILES string of the molecule is Cc1nn(Cc2ccccc2)c(C)c1CNC(=O)CSc1ccc([N+](=O)[O-])cc1. The molecule has 0 fully saturated rings. The van der Waals surface area contributed by atoms with Crippen LogP contribution in [0.5, 0.6) is 0 Å². The second-order valence-corrected chi connectivity index (χ2v) is 7.66. The smallest absolute Gasteiger partial charge is 0.269 e. The van der Waals surface area contributed by atoms with Crippen molar-refractivity contribution in [2.75, 3.05) is 5.75 Å². The molecule has 0 saturated carbocycles. The summed E-state index contributed by atoms with van der Waals surface area (Å²) >= 11 is 1.34. The third kappa shape index (κ3) is 5.45. The second-order valence-electron chi connectivity index (χ2n) is 6.61. The number of aromatic nitrogens is 2. The highest BCUT2D eigenvalue weighted by Crippen LogP contribution is 2.21. The van der Waals surface area contributed by atoms with Gasteiger partial charge in [-0.2, -0.15) is 5.10 Å². The molecule has 0 aliphatic carbocycles. The van der Waals surface area contributed by atoms with Crippen molar-refractivity contribution < 1.29 is 9.72 Å².